The number of esters is 1. The summed E-state index contributed by atoms with van der Waals surface area (Å²) in [7, 11) is 0. The molecule has 1 aromatic heterocycles. The summed E-state index contributed by atoms with van der Waals surface area (Å²) in [5, 5.41) is 5.57. The first-order chi connectivity index (χ1) is 13.9. The van der Waals surface area contributed by atoms with Crippen molar-refractivity contribution in [2.75, 3.05) is 22.1 Å². The van der Waals surface area contributed by atoms with Crippen molar-refractivity contribution in [3.8, 4) is 0 Å². The SMILES string of the molecule is C[C@@H](OC(=O)c1ccc2c(c1)NC(=O)[C@H]1CCCN21)C(=O)Nc1cccnc1Cl. The molecular weight excluding hydrogens is 396 g/mol. The molecule has 1 fully saturated rings. The number of carbonyl (C=O) groups excluding carboxylic acids is 3. The number of halogens is 1. The minimum Gasteiger partial charge on any atom is -0.449 e. The zero-order valence-corrected chi connectivity index (χ0v) is 16.4. The number of nitrogens with zero attached hydrogens (tertiary/aromatic N) is 2. The van der Waals surface area contributed by atoms with Gasteiger partial charge in [0, 0.05) is 12.7 Å². The number of hydrogen-bond acceptors (Lipinski definition) is 6. The average molecular weight is 415 g/mol. The van der Waals surface area contributed by atoms with Gasteiger partial charge in [-0.2, -0.15) is 0 Å². The second kappa shape index (κ2) is 7.71. The Labute approximate surface area is 172 Å². The monoisotopic (exact) mass is 414 g/mol. The van der Waals surface area contributed by atoms with Gasteiger partial charge in [0.2, 0.25) is 5.91 Å². The van der Waals surface area contributed by atoms with Crippen LogP contribution in [0.25, 0.3) is 0 Å². The zero-order valence-electron chi connectivity index (χ0n) is 15.6. The molecular formula is C20H19ClN4O4. The molecule has 2 aromatic rings. The average Bonchev–Trinajstić information content (AvgIpc) is 3.20. The topological polar surface area (TPSA) is 101 Å². The summed E-state index contributed by atoms with van der Waals surface area (Å²) >= 11 is 5.92. The molecule has 150 valence electrons. The van der Waals surface area contributed by atoms with Crippen molar-refractivity contribution in [3.05, 3.63) is 47.2 Å². The highest BCUT2D eigenvalue weighted by Gasteiger charge is 2.36. The highest BCUT2D eigenvalue weighted by Crippen LogP contribution is 2.37. The van der Waals surface area contributed by atoms with E-state index < -0.39 is 18.0 Å². The second-order valence-electron chi connectivity index (χ2n) is 6.95. The number of carbonyl (C=O) groups is 3. The maximum atomic E-state index is 12.5. The van der Waals surface area contributed by atoms with E-state index in [-0.39, 0.29) is 22.7 Å². The van der Waals surface area contributed by atoms with Crippen LogP contribution in [0.5, 0.6) is 0 Å². The largest absolute Gasteiger partial charge is 0.449 e. The van der Waals surface area contributed by atoms with Crippen molar-refractivity contribution >= 4 is 46.4 Å². The Hall–Kier alpha value is -3.13. The van der Waals surface area contributed by atoms with Crippen LogP contribution in [-0.2, 0) is 14.3 Å². The smallest absolute Gasteiger partial charge is 0.338 e. The fourth-order valence-electron chi connectivity index (χ4n) is 3.55. The Bertz CT molecular complexity index is 996. The molecule has 8 nitrogen and oxygen atoms in total. The predicted octanol–water partition coefficient (Wildman–Crippen LogP) is 2.84. The van der Waals surface area contributed by atoms with Crippen molar-refractivity contribution in [1.82, 2.24) is 4.98 Å². The van der Waals surface area contributed by atoms with Crippen molar-refractivity contribution in [2.24, 2.45) is 0 Å². The van der Waals surface area contributed by atoms with Crippen LogP contribution in [0.15, 0.2) is 36.5 Å². The third-order valence-electron chi connectivity index (χ3n) is 5.03. The highest BCUT2D eigenvalue weighted by atomic mass is 35.5. The predicted molar refractivity (Wildman–Crippen MR) is 108 cm³/mol. The first-order valence-electron chi connectivity index (χ1n) is 9.28. The molecule has 2 amide bonds. The van der Waals surface area contributed by atoms with Gasteiger partial charge in [0.25, 0.3) is 5.91 Å². The van der Waals surface area contributed by atoms with E-state index in [1.54, 1.807) is 30.3 Å². The number of hydrogen-bond donors (Lipinski definition) is 2. The fraction of sp³-hybridized carbons (Fsp3) is 0.300. The Kier molecular flexibility index (Phi) is 5.10. The third kappa shape index (κ3) is 3.75. The van der Waals surface area contributed by atoms with E-state index in [2.05, 4.69) is 20.5 Å². The Morgan fingerprint density at radius 2 is 2.21 bits per heavy atom. The van der Waals surface area contributed by atoms with Crippen LogP contribution in [0.4, 0.5) is 17.1 Å². The van der Waals surface area contributed by atoms with E-state index in [9.17, 15) is 14.4 Å². The van der Waals surface area contributed by atoms with Crippen molar-refractivity contribution < 1.29 is 19.1 Å². The molecule has 0 saturated carbocycles. The van der Waals surface area contributed by atoms with Crippen molar-refractivity contribution in [3.63, 3.8) is 0 Å². The maximum absolute atomic E-state index is 12.5. The standard InChI is InChI=1S/C20H19ClN4O4/c1-11(18(26)23-13-4-2-8-22-17(13)21)29-20(28)12-6-7-15-14(10-12)24-19(27)16-5-3-9-25(15)16/h2,4,6-8,10-11,16H,3,5,9H2,1H3,(H,23,26)(H,24,27)/t11-,16-/m1/s1. The number of amides is 2. The summed E-state index contributed by atoms with van der Waals surface area (Å²) in [6.07, 6.45) is 2.23. The second-order valence-corrected chi connectivity index (χ2v) is 7.31. The molecule has 2 atom stereocenters. The molecule has 0 unspecified atom stereocenters. The van der Waals surface area contributed by atoms with Gasteiger partial charge in [0.15, 0.2) is 11.3 Å². The Morgan fingerprint density at radius 3 is 3.00 bits per heavy atom. The summed E-state index contributed by atoms with van der Waals surface area (Å²) in [6, 6.07) is 8.08. The molecule has 0 spiro atoms. The number of anilines is 3. The van der Waals surface area contributed by atoms with E-state index in [0.29, 0.717) is 11.4 Å². The first-order valence-corrected chi connectivity index (χ1v) is 9.66. The van der Waals surface area contributed by atoms with E-state index in [0.717, 1.165) is 25.1 Å². The minimum absolute atomic E-state index is 0.0680. The summed E-state index contributed by atoms with van der Waals surface area (Å²) in [6.45, 7) is 2.27. The number of fused-ring (bicyclic) bond motifs is 3. The maximum Gasteiger partial charge on any atom is 0.338 e. The fourth-order valence-corrected chi connectivity index (χ4v) is 3.72. The van der Waals surface area contributed by atoms with Crippen molar-refractivity contribution in [1.29, 1.82) is 0 Å². The molecule has 1 aromatic carbocycles. The van der Waals surface area contributed by atoms with E-state index in [1.165, 1.54) is 13.1 Å². The van der Waals surface area contributed by atoms with Gasteiger partial charge < -0.3 is 20.3 Å². The molecule has 9 heteroatoms. The minimum atomic E-state index is -1.05. The van der Waals surface area contributed by atoms with E-state index >= 15 is 0 Å². The molecule has 2 aliphatic rings. The summed E-state index contributed by atoms with van der Waals surface area (Å²) in [4.78, 5) is 43.0. The van der Waals surface area contributed by atoms with Gasteiger partial charge in [0.1, 0.15) is 6.04 Å². The molecule has 3 heterocycles. The van der Waals surface area contributed by atoms with Crippen LogP contribution in [0.2, 0.25) is 5.15 Å². The molecule has 0 bridgehead atoms. The lowest BCUT2D eigenvalue weighted by atomic mass is 10.1. The lowest BCUT2D eigenvalue weighted by Crippen LogP contribution is -2.43. The van der Waals surface area contributed by atoms with Crippen molar-refractivity contribution in [2.45, 2.75) is 31.9 Å². The number of aromatic nitrogens is 1. The number of benzene rings is 1. The highest BCUT2D eigenvalue weighted by molar-refractivity contribution is 6.32. The molecule has 2 N–H and O–H groups in total. The number of nitrogens with one attached hydrogen (secondary N) is 2. The Balaban J connectivity index is 1.45. The lowest BCUT2D eigenvalue weighted by Gasteiger charge is -2.33. The van der Waals surface area contributed by atoms with Crippen LogP contribution in [0, 0.1) is 0 Å². The normalized spacial score (nSPS) is 18.3. The number of pyridine rings is 1. The van der Waals surface area contributed by atoms with Gasteiger partial charge in [-0.1, -0.05) is 11.6 Å². The van der Waals surface area contributed by atoms with Gasteiger partial charge in [-0.15, -0.1) is 0 Å². The van der Waals surface area contributed by atoms with Gasteiger partial charge in [0.05, 0.1) is 22.6 Å². The van der Waals surface area contributed by atoms with Crippen LogP contribution in [-0.4, -0.2) is 41.5 Å². The summed E-state index contributed by atoms with van der Waals surface area (Å²) in [5.41, 5.74) is 2.04. The van der Waals surface area contributed by atoms with Gasteiger partial charge >= 0.3 is 5.97 Å². The van der Waals surface area contributed by atoms with E-state index in [4.69, 9.17) is 16.3 Å². The number of ether oxygens (including phenoxy) is 1. The molecule has 0 aliphatic carbocycles. The van der Waals surface area contributed by atoms with Gasteiger partial charge in [-0.3, -0.25) is 9.59 Å². The molecule has 4 rings (SSSR count). The van der Waals surface area contributed by atoms with Crippen LogP contribution in [0.1, 0.15) is 30.1 Å². The quantitative estimate of drug-likeness (QED) is 0.589. The summed E-state index contributed by atoms with van der Waals surface area (Å²) < 4.78 is 5.27. The molecule has 1 saturated heterocycles. The molecule has 0 radical (unpaired) electrons. The van der Waals surface area contributed by atoms with Gasteiger partial charge in [-0.25, -0.2) is 9.78 Å². The zero-order chi connectivity index (χ0) is 20.5. The first kappa shape index (κ1) is 19.2. The Morgan fingerprint density at radius 1 is 1.38 bits per heavy atom. The van der Waals surface area contributed by atoms with Crippen LogP contribution >= 0.6 is 11.6 Å². The van der Waals surface area contributed by atoms with Crippen LogP contribution in [0.3, 0.4) is 0 Å². The summed E-state index contributed by atoms with van der Waals surface area (Å²) in [5.74, 6) is -1.26. The molecule has 2 aliphatic heterocycles. The number of rotatable bonds is 4. The molecule has 29 heavy (non-hydrogen) atoms. The van der Waals surface area contributed by atoms with E-state index in [1.807, 2.05) is 0 Å². The lowest BCUT2D eigenvalue weighted by molar-refractivity contribution is -0.123. The van der Waals surface area contributed by atoms with Crippen LogP contribution < -0.4 is 15.5 Å². The third-order valence-corrected chi connectivity index (χ3v) is 5.33. The van der Waals surface area contributed by atoms with Gasteiger partial charge in [-0.05, 0) is 50.1 Å².